The van der Waals surface area contributed by atoms with E-state index in [4.69, 9.17) is 0 Å². The van der Waals surface area contributed by atoms with E-state index >= 15 is 0 Å². The van der Waals surface area contributed by atoms with Gasteiger partial charge in [0, 0.05) is 5.92 Å². The van der Waals surface area contributed by atoms with E-state index in [-0.39, 0.29) is 11.4 Å². The molecule has 2 unspecified atom stereocenters. The highest BCUT2D eigenvalue weighted by molar-refractivity contribution is 5.95. The number of carbonyl (C=O) groups is 1. The molecule has 1 amide bonds. The van der Waals surface area contributed by atoms with Crippen molar-refractivity contribution in [3.8, 4) is 0 Å². The molecule has 0 spiro atoms. The number of carbonyl (C=O) groups excluding carboxylic acids is 1. The summed E-state index contributed by atoms with van der Waals surface area (Å²) in [5.41, 5.74) is -1.40. The minimum atomic E-state index is -5.28. The molecule has 1 aliphatic heterocycles. The molecule has 3 nitrogen and oxygen atoms in total. The van der Waals surface area contributed by atoms with E-state index < -0.39 is 35.9 Å². The van der Waals surface area contributed by atoms with Gasteiger partial charge in [0.15, 0.2) is 0 Å². The fourth-order valence-corrected chi connectivity index (χ4v) is 2.05. The maximum absolute atomic E-state index is 12.8. The summed E-state index contributed by atoms with van der Waals surface area (Å²) in [5.74, 6) is -3.57. The first kappa shape index (κ1) is 14.6. The SMILES string of the molecule is O=C(N1N=C(C(F)(F)F)C2C=CC=CC1C2)C(F)(F)F. The molecule has 1 aliphatic carbocycles. The smallest absolute Gasteiger partial charge is 0.262 e. The second-order valence-corrected chi connectivity index (χ2v) is 4.31. The summed E-state index contributed by atoms with van der Waals surface area (Å²) in [6.07, 6.45) is -5.43. The lowest BCUT2D eigenvalue weighted by atomic mass is 9.93. The molecule has 0 saturated heterocycles. The molecule has 2 rings (SSSR count). The minimum absolute atomic E-state index is 0.136. The maximum atomic E-state index is 12.8. The molecule has 9 heteroatoms. The van der Waals surface area contributed by atoms with Crippen LogP contribution in [0, 0.1) is 5.92 Å². The molecule has 1 heterocycles. The van der Waals surface area contributed by atoms with Gasteiger partial charge in [0.2, 0.25) is 0 Å². The molecule has 2 aliphatic rings. The Labute approximate surface area is 109 Å². The summed E-state index contributed by atoms with van der Waals surface area (Å²) in [6, 6.07) is -1.14. The van der Waals surface area contributed by atoms with Crippen LogP contribution in [0.15, 0.2) is 29.4 Å². The van der Waals surface area contributed by atoms with Crippen LogP contribution in [-0.4, -0.2) is 35.0 Å². The Hall–Kier alpha value is -1.80. The van der Waals surface area contributed by atoms with Crippen LogP contribution in [0.3, 0.4) is 0 Å². The summed E-state index contributed by atoms with van der Waals surface area (Å²) in [5, 5.41) is 2.78. The lowest BCUT2D eigenvalue weighted by Gasteiger charge is -2.34. The highest BCUT2D eigenvalue weighted by atomic mass is 19.4. The number of hydrogen-bond donors (Lipinski definition) is 0. The van der Waals surface area contributed by atoms with Gasteiger partial charge in [-0.05, 0) is 6.42 Å². The van der Waals surface area contributed by atoms with Crippen molar-refractivity contribution in [2.75, 3.05) is 0 Å². The largest absolute Gasteiger partial charge is 0.473 e. The average molecular weight is 298 g/mol. The van der Waals surface area contributed by atoms with Crippen LogP contribution < -0.4 is 0 Å². The molecule has 0 N–H and O–H groups in total. The van der Waals surface area contributed by atoms with Crippen LogP contribution in [0.4, 0.5) is 26.3 Å². The van der Waals surface area contributed by atoms with Gasteiger partial charge in [-0.3, -0.25) is 4.79 Å². The van der Waals surface area contributed by atoms with Crippen LogP contribution in [0.1, 0.15) is 6.42 Å². The fraction of sp³-hybridized carbons (Fsp3) is 0.455. The number of alkyl halides is 6. The Morgan fingerprint density at radius 2 is 1.75 bits per heavy atom. The molecule has 0 radical (unpaired) electrons. The third-order valence-corrected chi connectivity index (χ3v) is 2.91. The summed E-state index contributed by atoms with van der Waals surface area (Å²) < 4.78 is 75.6. The number of fused-ring (bicyclic) bond motifs is 2. The predicted molar refractivity (Wildman–Crippen MR) is 56.6 cm³/mol. The zero-order valence-electron chi connectivity index (χ0n) is 9.74. The van der Waals surface area contributed by atoms with Gasteiger partial charge in [0.05, 0.1) is 6.04 Å². The first-order valence-electron chi connectivity index (χ1n) is 5.52. The predicted octanol–water partition coefficient (Wildman–Crippen LogP) is 2.81. The first-order chi connectivity index (χ1) is 9.10. The van der Waals surface area contributed by atoms with Gasteiger partial charge in [0.25, 0.3) is 0 Å². The molecule has 0 fully saturated rings. The lowest BCUT2D eigenvalue weighted by Crippen LogP contribution is -2.49. The summed E-state index contributed by atoms with van der Waals surface area (Å²) in [4.78, 5) is 11.2. The van der Waals surface area contributed by atoms with Crippen molar-refractivity contribution in [2.24, 2.45) is 11.0 Å². The normalized spacial score (nSPS) is 26.3. The summed E-state index contributed by atoms with van der Waals surface area (Å²) in [6.45, 7) is 0. The molecule has 0 saturated carbocycles. The quantitative estimate of drug-likeness (QED) is 0.633. The first-order valence-corrected chi connectivity index (χ1v) is 5.52. The van der Waals surface area contributed by atoms with E-state index in [0.29, 0.717) is 0 Å². The van der Waals surface area contributed by atoms with Crippen molar-refractivity contribution < 1.29 is 31.1 Å². The number of hydrogen-bond acceptors (Lipinski definition) is 2. The molecule has 2 bridgehead atoms. The third-order valence-electron chi connectivity index (χ3n) is 2.91. The number of rotatable bonds is 0. The molecule has 0 aromatic heterocycles. The van der Waals surface area contributed by atoms with E-state index in [1.807, 2.05) is 0 Å². The Morgan fingerprint density at radius 1 is 1.15 bits per heavy atom. The van der Waals surface area contributed by atoms with Crippen molar-refractivity contribution in [1.82, 2.24) is 5.01 Å². The summed E-state index contributed by atoms with van der Waals surface area (Å²) >= 11 is 0. The zero-order valence-corrected chi connectivity index (χ0v) is 9.74. The molecular weight excluding hydrogens is 290 g/mol. The fourth-order valence-electron chi connectivity index (χ4n) is 2.05. The van der Waals surface area contributed by atoms with Gasteiger partial charge in [-0.25, -0.2) is 5.01 Å². The average Bonchev–Trinajstić information content (AvgIpc) is 2.49. The second-order valence-electron chi connectivity index (χ2n) is 4.31. The van der Waals surface area contributed by atoms with Crippen LogP contribution in [0.2, 0.25) is 0 Å². The van der Waals surface area contributed by atoms with Crippen LogP contribution in [0.5, 0.6) is 0 Å². The number of hydrazone groups is 1. The third kappa shape index (κ3) is 2.70. The monoisotopic (exact) mass is 298 g/mol. The van der Waals surface area contributed by atoms with Gasteiger partial charge in [-0.15, -0.1) is 0 Å². The highest BCUT2D eigenvalue weighted by Crippen LogP contribution is 2.35. The number of amides is 1. The van der Waals surface area contributed by atoms with E-state index in [2.05, 4.69) is 5.10 Å². The zero-order chi connectivity index (χ0) is 15.1. The van der Waals surface area contributed by atoms with Crippen LogP contribution >= 0.6 is 0 Å². The van der Waals surface area contributed by atoms with Gasteiger partial charge in [0.1, 0.15) is 5.71 Å². The number of nitrogens with zero attached hydrogens (tertiary/aromatic N) is 2. The van der Waals surface area contributed by atoms with Gasteiger partial charge in [-0.2, -0.15) is 31.4 Å². The maximum Gasteiger partial charge on any atom is 0.473 e. The topological polar surface area (TPSA) is 32.7 Å². The van der Waals surface area contributed by atoms with E-state index in [1.165, 1.54) is 24.3 Å². The van der Waals surface area contributed by atoms with Crippen LogP contribution in [0.25, 0.3) is 0 Å². The molecule has 0 aromatic rings. The Balaban J connectivity index is 2.46. The summed E-state index contributed by atoms with van der Waals surface area (Å²) in [7, 11) is 0. The molecule has 2 atom stereocenters. The van der Waals surface area contributed by atoms with E-state index in [9.17, 15) is 31.1 Å². The number of allylic oxidation sites excluding steroid dienone is 3. The molecular formula is C11H8F6N2O. The standard InChI is InChI=1S/C11H8F6N2O/c12-10(13,14)8-6-3-1-2-4-7(5-6)19(18-8)9(20)11(15,16)17/h1-4,6-7H,5H2. The van der Waals surface area contributed by atoms with Crippen molar-refractivity contribution in [3.05, 3.63) is 24.3 Å². The van der Waals surface area contributed by atoms with E-state index in [0.717, 1.165) is 0 Å². The van der Waals surface area contributed by atoms with Crippen molar-refractivity contribution in [2.45, 2.75) is 24.8 Å². The van der Waals surface area contributed by atoms with Gasteiger partial charge >= 0.3 is 18.3 Å². The lowest BCUT2D eigenvalue weighted by molar-refractivity contribution is -0.188. The Kier molecular flexibility index (Phi) is 3.39. The van der Waals surface area contributed by atoms with E-state index in [1.54, 1.807) is 0 Å². The Morgan fingerprint density at radius 3 is 2.30 bits per heavy atom. The number of halogens is 6. The molecule has 110 valence electrons. The van der Waals surface area contributed by atoms with Crippen LogP contribution in [-0.2, 0) is 4.79 Å². The van der Waals surface area contributed by atoms with Crippen molar-refractivity contribution in [3.63, 3.8) is 0 Å². The molecule has 0 aromatic carbocycles. The molecule has 20 heavy (non-hydrogen) atoms. The second kappa shape index (κ2) is 4.64. The highest BCUT2D eigenvalue weighted by Gasteiger charge is 2.50. The van der Waals surface area contributed by atoms with Crippen molar-refractivity contribution in [1.29, 1.82) is 0 Å². The minimum Gasteiger partial charge on any atom is -0.262 e. The Bertz CT molecular complexity index is 502. The van der Waals surface area contributed by atoms with Gasteiger partial charge in [-0.1, -0.05) is 24.3 Å². The van der Waals surface area contributed by atoms with Gasteiger partial charge < -0.3 is 0 Å². The van der Waals surface area contributed by atoms with Crippen molar-refractivity contribution >= 4 is 11.6 Å².